The van der Waals surface area contributed by atoms with Crippen molar-refractivity contribution in [2.24, 2.45) is 0 Å². The molecule has 180 valence electrons. The van der Waals surface area contributed by atoms with Crippen LogP contribution in [0.3, 0.4) is 0 Å². The molecular weight excluding hydrogens is 438 g/mol. The molecule has 1 heterocycles. The molecule has 0 saturated heterocycles. The molecule has 4 rings (SSSR count). The maximum absolute atomic E-state index is 13.9. The number of hydrogen-bond acceptors (Lipinski definition) is 5. The second kappa shape index (κ2) is 10.5. The van der Waals surface area contributed by atoms with Gasteiger partial charge in [-0.3, -0.25) is 9.48 Å². The molecule has 0 aliphatic rings. The zero-order chi connectivity index (χ0) is 24.9. The summed E-state index contributed by atoms with van der Waals surface area (Å²) in [5.74, 6) is 0.879. The van der Waals surface area contributed by atoms with Crippen LogP contribution in [0, 0.1) is 0 Å². The smallest absolute Gasteiger partial charge is 0.245 e. The fourth-order valence-electron chi connectivity index (χ4n) is 3.90. The molecule has 0 unspecified atom stereocenters. The molecule has 6 heteroatoms. The van der Waals surface area contributed by atoms with Gasteiger partial charge in [0.05, 0.1) is 12.8 Å². The van der Waals surface area contributed by atoms with Gasteiger partial charge in [0.15, 0.2) is 0 Å². The predicted octanol–water partition coefficient (Wildman–Crippen LogP) is 6.02. The molecule has 1 aromatic heterocycles. The summed E-state index contributed by atoms with van der Waals surface area (Å²) in [4.78, 5) is 15.9. The third kappa shape index (κ3) is 5.22. The monoisotopic (exact) mass is 469 g/mol. The number of rotatable bonds is 9. The van der Waals surface area contributed by atoms with Crippen molar-refractivity contribution in [1.82, 2.24) is 9.78 Å². The normalized spacial score (nSPS) is 10.9. The van der Waals surface area contributed by atoms with Crippen LogP contribution in [0.5, 0.6) is 11.6 Å². The standard InChI is InChI=1S/C29H31N3O3/c1-20(2)32-27(22-11-15-24(16-12-22)31(3)4)26(28(33)23-13-17-25(34-5)18-14-23)29(30-32)35-19-21-9-7-6-8-10-21/h6-18,20H,19H2,1-5H3. The van der Waals surface area contributed by atoms with E-state index in [1.165, 1.54) is 0 Å². The van der Waals surface area contributed by atoms with Crippen molar-refractivity contribution in [2.45, 2.75) is 26.5 Å². The van der Waals surface area contributed by atoms with Gasteiger partial charge in [-0.05, 0) is 55.8 Å². The summed E-state index contributed by atoms with van der Waals surface area (Å²) < 4.78 is 13.3. The van der Waals surface area contributed by atoms with E-state index in [4.69, 9.17) is 14.6 Å². The molecule has 0 aliphatic carbocycles. The number of anilines is 1. The molecule has 0 amide bonds. The van der Waals surface area contributed by atoms with Gasteiger partial charge in [-0.2, -0.15) is 0 Å². The molecule has 0 bridgehead atoms. The summed E-state index contributed by atoms with van der Waals surface area (Å²) in [5.41, 5.74) is 4.74. The number of carbonyl (C=O) groups is 1. The van der Waals surface area contributed by atoms with Crippen LogP contribution in [-0.4, -0.2) is 36.8 Å². The van der Waals surface area contributed by atoms with Crippen molar-refractivity contribution in [2.75, 3.05) is 26.1 Å². The summed E-state index contributed by atoms with van der Waals surface area (Å²) in [5, 5.41) is 4.78. The van der Waals surface area contributed by atoms with Gasteiger partial charge in [-0.25, -0.2) is 0 Å². The molecule has 0 spiro atoms. The van der Waals surface area contributed by atoms with Gasteiger partial charge in [-0.15, -0.1) is 5.10 Å². The van der Waals surface area contributed by atoms with Crippen LogP contribution in [0.15, 0.2) is 78.9 Å². The van der Waals surface area contributed by atoms with Crippen LogP contribution in [0.4, 0.5) is 5.69 Å². The first-order chi connectivity index (χ1) is 16.9. The minimum absolute atomic E-state index is 0.0232. The molecule has 0 radical (unpaired) electrons. The van der Waals surface area contributed by atoms with Gasteiger partial charge >= 0.3 is 0 Å². The Labute approximate surface area is 206 Å². The van der Waals surface area contributed by atoms with E-state index < -0.39 is 0 Å². The molecule has 6 nitrogen and oxygen atoms in total. The number of aromatic nitrogens is 2. The highest BCUT2D eigenvalue weighted by molar-refractivity contribution is 6.14. The maximum atomic E-state index is 13.9. The number of nitrogens with zero attached hydrogens (tertiary/aromatic N) is 3. The molecule has 0 aliphatic heterocycles. The van der Waals surface area contributed by atoms with E-state index in [1.54, 1.807) is 31.4 Å². The van der Waals surface area contributed by atoms with Crippen LogP contribution in [0.1, 0.15) is 41.4 Å². The third-order valence-electron chi connectivity index (χ3n) is 5.82. The molecule has 35 heavy (non-hydrogen) atoms. The molecule has 0 fully saturated rings. The van der Waals surface area contributed by atoms with Gasteiger partial charge in [0.25, 0.3) is 0 Å². The Hall–Kier alpha value is -4.06. The van der Waals surface area contributed by atoms with Crippen LogP contribution in [0.25, 0.3) is 11.3 Å². The average molecular weight is 470 g/mol. The fraction of sp³-hybridized carbons (Fsp3) is 0.241. The second-order valence-corrected chi connectivity index (χ2v) is 8.84. The van der Waals surface area contributed by atoms with E-state index in [0.717, 1.165) is 22.5 Å². The van der Waals surface area contributed by atoms with E-state index in [2.05, 4.69) is 0 Å². The van der Waals surface area contributed by atoms with E-state index in [9.17, 15) is 4.79 Å². The van der Waals surface area contributed by atoms with Crippen LogP contribution in [-0.2, 0) is 6.61 Å². The molecule has 3 aromatic carbocycles. The summed E-state index contributed by atoms with van der Waals surface area (Å²) in [6.07, 6.45) is 0. The lowest BCUT2D eigenvalue weighted by Gasteiger charge is -2.15. The summed E-state index contributed by atoms with van der Waals surface area (Å²) in [7, 11) is 5.61. The molecule has 0 atom stereocenters. The molecule has 0 N–H and O–H groups in total. The highest BCUT2D eigenvalue weighted by Crippen LogP contribution is 2.36. The Kier molecular flexibility index (Phi) is 7.20. The summed E-state index contributed by atoms with van der Waals surface area (Å²) in [6.45, 7) is 4.42. The largest absolute Gasteiger partial charge is 0.497 e. The van der Waals surface area contributed by atoms with Gasteiger partial charge in [0.1, 0.15) is 17.9 Å². The second-order valence-electron chi connectivity index (χ2n) is 8.84. The first kappa shape index (κ1) is 24.1. The topological polar surface area (TPSA) is 56.6 Å². The number of carbonyl (C=O) groups excluding carboxylic acids is 1. The first-order valence-electron chi connectivity index (χ1n) is 11.6. The van der Waals surface area contributed by atoms with Gasteiger partial charge in [0.2, 0.25) is 11.7 Å². The molecule has 4 aromatic rings. The fourth-order valence-corrected chi connectivity index (χ4v) is 3.90. The number of ether oxygens (including phenoxy) is 2. The Morgan fingerprint density at radius 3 is 2.17 bits per heavy atom. The van der Waals surface area contributed by atoms with Crippen LogP contribution >= 0.6 is 0 Å². The predicted molar refractivity (Wildman–Crippen MR) is 140 cm³/mol. The van der Waals surface area contributed by atoms with E-state index >= 15 is 0 Å². The van der Waals surface area contributed by atoms with Gasteiger partial charge in [0, 0.05) is 37.0 Å². The zero-order valence-electron chi connectivity index (χ0n) is 20.9. The van der Waals surface area contributed by atoms with E-state index in [-0.39, 0.29) is 11.8 Å². The lowest BCUT2D eigenvalue weighted by atomic mass is 9.99. The number of hydrogen-bond donors (Lipinski definition) is 0. The molecular formula is C29H31N3O3. The van der Waals surface area contributed by atoms with Gasteiger partial charge < -0.3 is 14.4 Å². The minimum Gasteiger partial charge on any atom is -0.497 e. The highest BCUT2D eigenvalue weighted by atomic mass is 16.5. The Bertz CT molecular complexity index is 1280. The van der Waals surface area contributed by atoms with Crippen molar-refractivity contribution in [3.8, 4) is 22.9 Å². The maximum Gasteiger partial charge on any atom is 0.245 e. The number of methoxy groups -OCH3 is 1. The zero-order valence-corrected chi connectivity index (χ0v) is 20.9. The van der Waals surface area contributed by atoms with Crippen molar-refractivity contribution < 1.29 is 14.3 Å². The quantitative estimate of drug-likeness (QED) is 0.281. The Morgan fingerprint density at radius 2 is 1.60 bits per heavy atom. The minimum atomic E-state index is -0.144. The molecule has 0 saturated carbocycles. The van der Waals surface area contributed by atoms with Crippen molar-refractivity contribution in [3.63, 3.8) is 0 Å². The van der Waals surface area contributed by atoms with E-state index in [1.807, 2.05) is 92.1 Å². The lowest BCUT2D eigenvalue weighted by molar-refractivity contribution is 0.103. The lowest BCUT2D eigenvalue weighted by Crippen LogP contribution is -2.10. The third-order valence-corrected chi connectivity index (χ3v) is 5.82. The van der Waals surface area contributed by atoms with Crippen LogP contribution in [0.2, 0.25) is 0 Å². The number of benzene rings is 3. The Morgan fingerprint density at radius 1 is 0.943 bits per heavy atom. The summed E-state index contributed by atoms with van der Waals surface area (Å²) in [6, 6.07) is 25.1. The average Bonchev–Trinajstić information content (AvgIpc) is 3.27. The number of ketones is 1. The summed E-state index contributed by atoms with van der Waals surface area (Å²) >= 11 is 0. The van der Waals surface area contributed by atoms with Gasteiger partial charge in [-0.1, -0.05) is 42.5 Å². The van der Waals surface area contributed by atoms with Crippen LogP contribution < -0.4 is 14.4 Å². The van der Waals surface area contributed by atoms with Crippen molar-refractivity contribution in [3.05, 3.63) is 95.6 Å². The van der Waals surface area contributed by atoms with E-state index in [0.29, 0.717) is 29.4 Å². The van der Waals surface area contributed by atoms with Crippen molar-refractivity contribution in [1.29, 1.82) is 0 Å². The van der Waals surface area contributed by atoms with Crippen molar-refractivity contribution >= 4 is 11.5 Å². The SMILES string of the molecule is COc1ccc(C(=O)c2c(OCc3ccccc3)nn(C(C)C)c2-c2ccc(N(C)C)cc2)cc1. The Balaban J connectivity index is 1.84. The highest BCUT2D eigenvalue weighted by Gasteiger charge is 2.28. The first-order valence-corrected chi connectivity index (χ1v) is 11.6.